The summed E-state index contributed by atoms with van der Waals surface area (Å²) < 4.78 is 55.2. The van der Waals surface area contributed by atoms with E-state index >= 15 is 0 Å². The number of hydrogen-bond donors (Lipinski definition) is 3. The third kappa shape index (κ3) is 4.80. The van der Waals surface area contributed by atoms with Gasteiger partial charge in [0.2, 0.25) is 10.0 Å². The van der Waals surface area contributed by atoms with Crippen molar-refractivity contribution in [1.82, 2.24) is 0 Å². The second-order valence-corrected chi connectivity index (χ2v) is 13.3. The molecule has 0 saturated heterocycles. The molecule has 0 amide bonds. The van der Waals surface area contributed by atoms with Gasteiger partial charge in [-0.15, -0.1) is 4.40 Å². The molecule has 2 atom stereocenters. The van der Waals surface area contributed by atoms with Crippen molar-refractivity contribution >= 4 is 48.8 Å². The van der Waals surface area contributed by atoms with Gasteiger partial charge in [-0.3, -0.25) is 14.3 Å². The van der Waals surface area contributed by atoms with Crippen LogP contribution in [0, 0.1) is 5.92 Å². The number of nitrogens with zero attached hydrogens (tertiary/aromatic N) is 1. The Morgan fingerprint density at radius 1 is 1.17 bits per heavy atom. The highest BCUT2D eigenvalue weighted by atomic mass is 32.2. The highest BCUT2D eigenvalue weighted by molar-refractivity contribution is 7.92. The molecule has 2 aromatic carbocycles. The molecule has 2 aliphatic rings. The van der Waals surface area contributed by atoms with Gasteiger partial charge in [0.15, 0.2) is 11.6 Å². The number of carbonyl (C=O) groups is 2. The van der Waals surface area contributed by atoms with Gasteiger partial charge in [0.1, 0.15) is 16.6 Å². The number of aliphatic hydroxyl groups is 1. The van der Waals surface area contributed by atoms with E-state index < -0.39 is 48.5 Å². The highest BCUT2D eigenvalue weighted by Gasteiger charge is 2.51. The standard InChI is InChI=1S/C24H27N3O7S2/c1-23(2,30)11-12-24(3)16-8-6-5-7-15(16)20(28)19(21(24)29)22-25-17-10-9-14(26-35(4,31)32)13-18(17)36(33,34)27-22/h5-10,13,19,26,30H,11-12H2,1-4H3,(H,25,27). The topological polar surface area (TPSA) is 159 Å². The summed E-state index contributed by atoms with van der Waals surface area (Å²) in [6.45, 7) is 4.94. The molecule has 192 valence electrons. The number of benzene rings is 2. The Balaban J connectivity index is 1.79. The fraction of sp³-hybridized carbons (Fsp3) is 0.375. The zero-order chi connectivity index (χ0) is 26.7. The van der Waals surface area contributed by atoms with E-state index in [1.165, 1.54) is 12.1 Å². The van der Waals surface area contributed by atoms with Crippen molar-refractivity contribution in [3.63, 3.8) is 0 Å². The molecule has 1 heterocycles. The van der Waals surface area contributed by atoms with Crippen molar-refractivity contribution in [3.8, 4) is 0 Å². The first kappa shape index (κ1) is 26.0. The lowest BCUT2D eigenvalue weighted by Gasteiger charge is -2.39. The van der Waals surface area contributed by atoms with Crippen molar-refractivity contribution in [2.24, 2.45) is 10.3 Å². The summed E-state index contributed by atoms with van der Waals surface area (Å²) in [5.41, 5.74) is -1.32. The molecule has 2 unspecified atom stereocenters. The Labute approximate surface area is 209 Å². The molecular weight excluding hydrogens is 506 g/mol. The second kappa shape index (κ2) is 8.49. The first-order chi connectivity index (χ1) is 16.5. The van der Waals surface area contributed by atoms with Gasteiger partial charge in [-0.2, -0.15) is 8.42 Å². The highest BCUT2D eigenvalue weighted by Crippen LogP contribution is 2.43. The zero-order valence-electron chi connectivity index (χ0n) is 20.2. The maximum atomic E-state index is 13.9. The van der Waals surface area contributed by atoms with Crippen molar-refractivity contribution in [1.29, 1.82) is 0 Å². The van der Waals surface area contributed by atoms with Crippen LogP contribution in [-0.2, 0) is 30.3 Å². The summed E-state index contributed by atoms with van der Waals surface area (Å²) in [7, 11) is -8.02. The third-order valence-electron chi connectivity index (χ3n) is 6.41. The van der Waals surface area contributed by atoms with E-state index in [1.807, 2.05) is 0 Å². The molecule has 0 saturated carbocycles. The van der Waals surface area contributed by atoms with Crippen molar-refractivity contribution < 1.29 is 31.5 Å². The predicted octanol–water partition coefficient (Wildman–Crippen LogP) is 2.46. The molecule has 3 N–H and O–H groups in total. The Morgan fingerprint density at radius 3 is 2.47 bits per heavy atom. The quantitative estimate of drug-likeness (QED) is 0.478. The predicted molar refractivity (Wildman–Crippen MR) is 135 cm³/mol. The average molecular weight is 534 g/mol. The summed E-state index contributed by atoms with van der Waals surface area (Å²) in [4.78, 5) is 27.1. The van der Waals surface area contributed by atoms with Crippen LogP contribution in [0.25, 0.3) is 0 Å². The minimum absolute atomic E-state index is 0.0261. The van der Waals surface area contributed by atoms with Crippen LogP contribution in [0.15, 0.2) is 51.8 Å². The van der Waals surface area contributed by atoms with Gasteiger partial charge in [0, 0.05) is 11.3 Å². The number of amidine groups is 1. The zero-order valence-corrected chi connectivity index (χ0v) is 21.8. The first-order valence-corrected chi connectivity index (χ1v) is 14.5. The molecular formula is C24H27N3O7S2. The van der Waals surface area contributed by atoms with E-state index in [9.17, 15) is 31.5 Å². The lowest BCUT2D eigenvalue weighted by atomic mass is 9.62. The van der Waals surface area contributed by atoms with Gasteiger partial charge in [0.25, 0.3) is 10.0 Å². The number of anilines is 2. The fourth-order valence-corrected chi connectivity index (χ4v) is 6.28. The van der Waals surface area contributed by atoms with E-state index in [-0.39, 0.29) is 34.9 Å². The normalized spacial score (nSPS) is 23.2. The van der Waals surface area contributed by atoms with E-state index in [1.54, 1.807) is 45.0 Å². The van der Waals surface area contributed by atoms with Crippen LogP contribution in [0.5, 0.6) is 0 Å². The van der Waals surface area contributed by atoms with E-state index in [2.05, 4.69) is 14.4 Å². The van der Waals surface area contributed by atoms with Gasteiger partial charge >= 0.3 is 0 Å². The van der Waals surface area contributed by atoms with Crippen molar-refractivity contribution in [2.75, 3.05) is 16.3 Å². The molecule has 0 bridgehead atoms. The van der Waals surface area contributed by atoms with E-state index in [4.69, 9.17) is 0 Å². The van der Waals surface area contributed by atoms with Crippen LogP contribution >= 0.6 is 0 Å². The maximum Gasteiger partial charge on any atom is 0.286 e. The second-order valence-electron chi connectivity index (χ2n) is 10.0. The largest absolute Gasteiger partial charge is 0.390 e. The summed E-state index contributed by atoms with van der Waals surface area (Å²) in [5.74, 6) is -2.90. The summed E-state index contributed by atoms with van der Waals surface area (Å²) in [6.07, 6.45) is 1.43. The average Bonchev–Trinajstić information content (AvgIpc) is 2.75. The van der Waals surface area contributed by atoms with Crippen LogP contribution in [-0.4, -0.2) is 51.2 Å². The monoisotopic (exact) mass is 533 g/mol. The lowest BCUT2D eigenvalue weighted by molar-refractivity contribution is -0.126. The fourth-order valence-electron chi connectivity index (χ4n) is 4.55. The Hall–Kier alpha value is -3.09. The molecule has 0 spiro atoms. The van der Waals surface area contributed by atoms with Crippen LogP contribution in [0.4, 0.5) is 11.4 Å². The molecule has 12 heteroatoms. The lowest BCUT2D eigenvalue weighted by Crippen LogP contribution is -2.51. The Bertz CT molecular complexity index is 1520. The van der Waals surface area contributed by atoms with Crippen LogP contribution < -0.4 is 10.0 Å². The molecule has 2 aromatic rings. The van der Waals surface area contributed by atoms with Crippen LogP contribution in [0.2, 0.25) is 0 Å². The number of Topliss-reactive ketones (excluding diaryl/α,β-unsaturated/α-hetero) is 2. The molecule has 1 aliphatic carbocycles. The molecule has 10 nitrogen and oxygen atoms in total. The van der Waals surface area contributed by atoms with Crippen LogP contribution in [0.3, 0.4) is 0 Å². The number of carbonyl (C=O) groups excluding carboxylic acids is 2. The minimum Gasteiger partial charge on any atom is -0.390 e. The summed E-state index contributed by atoms with van der Waals surface area (Å²) in [5, 5.41) is 13.1. The number of fused-ring (bicyclic) bond motifs is 2. The van der Waals surface area contributed by atoms with Gasteiger partial charge in [-0.25, -0.2) is 8.42 Å². The first-order valence-electron chi connectivity index (χ1n) is 11.2. The summed E-state index contributed by atoms with van der Waals surface area (Å²) >= 11 is 0. The number of sulfonamides is 2. The molecule has 1 aliphatic heterocycles. The van der Waals surface area contributed by atoms with Gasteiger partial charge in [0.05, 0.1) is 23.0 Å². The molecule has 0 aromatic heterocycles. The number of rotatable bonds is 6. The third-order valence-corrected chi connectivity index (χ3v) is 8.35. The summed E-state index contributed by atoms with van der Waals surface area (Å²) in [6, 6.07) is 10.5. The minimum atomic E-state index is -4.37. The maximum absolute atomic E-state index is 13.9. The SMILES string of the molecule is CC(C)(O)CCC1(C)C(=O)C(C2=NS(=O)(=O)c3cc(NS(C)(=O)=O)ccc3N2)C(=O)c2ccccc21. The van der Waals surface area contributed by atoms with E-state index in [0.29, 0.717) is 11.1 Å². The van der Waals surface area contributed by atoms with Crippen molar-refractivity contribution in [2.45, 2.75) is 49.5 Å². The molecule has 0 radical (unpaired) electrons. The van der Waals surface area contributed by atoms with Gasteiger partial charge < -0.3 is 10.4 Å². The van der Waals surface area contributed by atoms with Gasteiger partial charge in [-0.1, -0.05) is 24.3 Å². The molecule has 4 rings (SSSR count). The van der Waals surface area contributed by atoms with Gasteiger partial charge in [-0.05, 0) is 57.4 Å². The van der Waals surface area contributed by atoms with Crippen LogP contribution in [0.1, 0.15) is 49.5 Å². The van der Waals surface area contributed by atoms with Crippen molar-refractivity contribution in [3.05, 3.63) is 53.6 Å². The number of nitrogens with one attached hydrogen (secondary N) is 2. The number of hydrogen-bond acceptors (Lipinski definition) is 8. The van der Waals surface area contributed by atoms with E-state index in [0.717, 1.165) is 12.3 Å². The number of ketones is 2. The molecule has 36 heavy (non-hydrogen) atoms. The Morgan fingerprint density at radius 2 is 1.83 bits per heavy atom. The molecule has 0 fully saturated rings. The Kier molecular flexibility index (Phi) is 6.13. The smallest absolute Gasteiger partial charge is 0.286 e.